The zero-order valence-electron chi connectivity index (χ0n) is 7.43. The van der Waals surface area contributed by atoms with Crippen molar-refractivity contribution < 1.29 is 24.2 Å². The quantitative estimate of drug-likeness (QED) is 0.480. The maximum atomic E-state index is 11.2. The van der Waals surface area contributed by atoms with Gasteiger partial charge < -0.3 is 9.84 Å². The van der Waals surface area contributed by atoms with Crippen molar-refractivity contribution in [3.05, 3.63) is 0 Å². The maximum absolute atomic E-state index is 11.2. The Bertz CT molecular complexity index is 308. The minimum Gasteiger partial charge on any atom is -0.481 e. The summed E-state index contributed by atoms with van der Waals surface area (Å²) in [6.07, 6.45) is 1.15. The molecule has 0 aromatic rings. The molecule has 1 N–H and O–H groups in total. The van der Waals surface area contributed by atoms with Crippen molar-refractivity contribution in [1.82, 2.24) is 0 Å². The Morgan fingerprint density at radius 3 is 2.50 bits per heavy atom. The van der Waals surface area contributed by atoms with Gasteiger partial charge in [-0.2, -0.15) is 0 Å². The summed E-state index contributed by atoms with van der Waals surface area (Å²) in [5.41, 5.74) is 0. The molecule has 1 saturated carbocycles. The summed E-state index contributed by atoms with van der Waals surface area (Å²) in [6.45, 7) is 0. The van der Waals surface area contributed by atoms with Crippen molar-refractivity contribution in [3.8, 4) is 0 Å². The summed E-state index contributed by atoms with van der Waals surface area (Å²) < 4.78 is 4.47. The Labute approximate surface area is 80.0 Å². The number of hydrogen-bond acceptors (Lipinski definition) is 4. The fraction of sp³-hybridized carbons (Fsp3) is 0.667. The van der Waals surface area contributed by atoms with Gasteiger partial charge in [-0.1, -0.05) is 0 Å². The van der Waals surface area contributed by atoms with Crippen molar-refractivity contribution in [3.63, 3.8) is 0 Å². The van der Waals surface area contributed by atoms with Gasteiger partial charge in [0.25, 0.3) is 0 Å². The van der Waals surface area contributed by atoms with Crippen molar-refractivity contribution in [2.45, 2.75) is 19.3 Å². The minimum absolute atomic E-state index is 0.241. The van der Waals surface area contributed by atoms with Crippen LogP contribution < -0.4 is 0 Å². The van der Waals surface area contributed by atoms with Crippen LogP contribution in [0.1, 0.15) is 19.3 Å². The van der Waals surface area contributed by atoms with Crippen LogP contribution in [0, 0.1) is 17.8 Å². The van der Waals surface area contributed by atoms with Gasteiger partial charge in [-0.3, -0.25) is 14.4 Å². The Hall–Kier alpha value is -1.39. The first-order valence-electron chi connectivity index (χ1n) is 4.58. The first kappa shape index (κ1) is 9.18. The normalized spacial score (nSPS) is 36.4. The van der Waals surface area contributed by atoms with E-state index < -0.39 is 35.7 Å². The van der Waals surface area contributed by atoms with Crippen LogP contribution in [-0.4, -0.2) is 23.0 Å². The molecule has 0 aromatic carbocycles. The predicted molar refractivity (Wildman–Crippen MR) is 43.1 cm³/mol. The van der Waals surface area contributed by atoms with Crippen LogP contribution in [0.5, 0.6) is 0 Å². The van der Waals surface area contributed by atoms with E-state index >= 15 is 0 Å². The highest BCUT2D eigenvalue weighted by Gasteiger charge is 2.48. The topological polar surface area (TPSA) is 80.7 Å². The second-order valence-corrected chi connectivity index (χ2v) is 3.80. The van der Waals surface area contributed by atoms with E-state index in [4.69, 9.17) is 5.11 Å². The van der Waals surface area contributed by atoms with Gasteiger partial charge in [0.05, 0.1) is 17.8 Å². The van der Waals surface area contributed by atoms with Gasteiger partial charge in [0.1, 0.15) is 0 Å². The zero-order chi connectivity index (χ0) is 10.3. The Morgan fingerprint density at radius 2 is 1.86 bits per heavy atom. The van der Waals surface area contributed by atoms with Crippen LogP contribution in [0.25, 0.3) is 0 Å². The Kier molecular flexibility index (Phi) is 2.02. The summed E-state index contributed by atoms with van der Waals surface area (Å²) in [6, 6.07) is 0. The lowest BCUT2D eigenvalue weighted by molar-refractivity contribution is -0.153. The third-order valence-electron chi connectivity index (χ3n) is 3.01. The molecule has 2 rings (SSSR count). The summed E-state index contributed by atoms with van der Waals surface area (Å²) in [5.74, 6) is -3.34. The van der Waals surface area contributed by atoms with Gasteiger partial charge in [-0.15, -0.1) is 0 Å². The molecule has 1 heterocycles. The molecule has 5 nitrogen and oxygen atoms in total. The van der Waals surface area contributed by atoms with Crippen LogP contribution >= 0.6 is 0 Å². The first-order valence-corrected chi connectivity index (χ1v) is 4.58. The third-order valence-corrected chi connectivity index (χ3v) is 3.01. The van der Waals surface area contributed by atoms with Crippen LogP contribution in [-0.2, 0) is 19.1 Å². The molecular formula is C9H10O5. The number of ether oxygens (including phenoxy) is 1. The Balaban J connectivity index is 2.13. The monoisotopic (exact) mass is 198 g/mol. The maximum Gasteiger partial charge on any atom is 0.317 e. The Morgan fingerprint density at radius 1 is 1.21 bits per heavy atom. The smallest absolute Gasteiger partial charge is 0.317 e. The summed E-state index contributed by atoms with van der Waals surface area (Å²) in [5, 5.41) is 8.77. The first-order chi connectivity index (χ1) is 6.59. The lowest BCUT2D eigenvalue weighted by atomic mass is 9.75. The molecule has 0 aromatic heterocycles. The van der Waals surface area contributed by atoms with E-state index in [1.54, 1.807) is 0 Å². The number of carbonyl (C=O) groups is 3. The third kappa shape index (κ3) is 1.29. The van der Waals surface area contributed by atoms with Crippen LogP contribution in [0.4, 0.5) is 0 Å². The van der Waals surface area contributed by atoms with Crippen LogP contribution in [0.2, 0.25) is 0 Å². The standard InChI is InChI=1S/C9H10O5/c10-7(11)4-1-2-5-6(3-4)9(13)14-8(5)12/h4-6H,1-3H2,(H,10,11)/t4-,5-,6-/m1/s1. The van der Waals surface area contributed by atoms with Crippen molar-refractivity contribution in [2.24, 2.45) is 17.8 Å². The van der Waals surface area contributed by atoms with Gasteiger partial charge in [0.2, 0.25) is 0 Å². The van der Waals surface area contributed by atoms with E-state index in [0.717, 1.165) is 0 Å². The summed E-state index contributed by atoms with van der Waals surface area (Å²) >= 11 is 0. The molecule has 0 radical (unpaired) electrons. The van der Waals surface area contributed by atoms with Crippen LogP contribution in [0.3, 0.4) is 0 Å². The SMILES string of the molecule is O=C(O)[C@@H]1CC[C@H]2C(=O)OC(=O)[C@@H]2C1. The average molecular weight is 198 g/mol. The van der Waals surface area contributed by atoms with E-state index in [0.29, 0.717) is 12.8 Å². The molecule has 1 aliphatic carbocycles. The molecule has 5 heteroatoms. The van der Waals surface area contributed by atoms with Crippen molar-refractivity contribution >= 4 is 17.9 Å². The lowest BCUT2D eigenvalue weighted by Gasteiger charge is -2.24. The molecule has 14 heavy (non-hydrogen) atoms. The number of carboxylic acid groups (broad SMARTS) is 1. The molecule has 0 bridgehead atoms. The second-order valence-electron chi connectivity index (χ2n) is 3.80. The number of carboxylic acids is 1. The van der Waals surface area contributed by atoms with Gasteiger partial charge in [-0.05, 0) is 19.3 Å². The van der Waals surface area contributed by atoms with Crippen molar-refractivity contribution in [1.29, 1.82) is 0 Å². The van der Waals surface area contributed by atoms with Gasteiger partial charge >= 0.3 is 17.9 Å². The average Bonchev–Trinajstić information content (AvgIpc) is 2.42. The second kappa shape index (κ2) is 3.08. The fourth-order valence-corrected chi connectivity index (χ4v) is 2.19. The highest BCUT2D eigenvalue weighted by Crippen LogP contribution is 2.39. The van der Waals surface area contributed by atoms with E-state index in [-0.39, 0.29) is 6.42 Å². The largest absolute Gasteiger partial charge is 0.481 e. The molecule has 0 amide bonds. The molecule has 76 valence electrons. The van der Waals surface area contributed by atoms with Crippen LogP contribution in [0.15, 0.2) is 0 Å². The minimum atomic E-state index is -0.893. The van der Waals surface area contributed by atoms with E-state index in [9.17, 15) is 14.4 Å². The van der Waals surface area contributed by atoms with Gasteiger partial charge in [-0.25, -0.2) is 0 Å². The molecule has 0 unspecified atom stereocenters. The van der Waals surface area contributed by atoms with E-state index in [1.165, 1.54) is 0 Å². The zero-order valence-corrected chi connectivity index (χ0v) is 7.43. The molecule has 3 atom stereocenters. The van der Waals surface area contributed by atoms with Gasteiger partial charge in [0, 0.05) is 0 Å². The van der Waals surface area contributed by atoms with E-state index in [1.807, 2.05) is 0 Å². The molecule has 1 aliphatic heterocycles. The number of aliphatic carboxylic acids is 1. The number of fused-ring (bicyclic) bond motifs is 1. The highest BCUT2D eigenvalue weighted by atomic mass is 16.6. The van der Waals surface area contributed by atoms with E-state index in [2.05, 4.69) is 4.74 Å². The summed E-state index contributed by atoms with van der Waals surface area (Å²) in [7, 11) is 0. The fourth-order valence-electron chi connectivity index (χ4n) is 2.19. The highest BCUT2D eigenvalue weighted by molar-refractivity contribution is 5.96. The number of hydrogen-bond donors (Lipinski definition) is 1. The molecule has 0 spiro atoms. The number of cyclic esters (lactones) is 2. The van der Waals surface area contributed by atoms with Gasteiger partial charge in [0.15, 0.2) is 0 Å². The number of rotatable bonds is 1. The molecular weight excluding hydrogens is 188 g/mol. The molecule has 1 saturated heterocycles. The van der Waals surface area contributed by atoms with Crippen molar-refractivity contribution in [2.75, 3.05) is 0 Å². The summed E-state index contributed by atoms with van der Waals surface area (Å²) in [4.78, 5) is 33.0. The predicted octanol–water partition coefficient (Wildman–Crippen LogP) is 0.187. The molecule has 2 fully saturated rings. The number of carbonyl (C=O) groups excluding carboxylic acids is 2. The lowest BCUT2D eigenvalue weighted by Crippen LogP contribution is -2.30. The number of esters is 2. The molecule has 2 aliphatic rings.